The van der Waals surface area contributed by atoms with Crippen molar-refractivity contribution in [3.63, 3.8) is 0 Å². The summed E-state index contributed by atoms with van der Waals surface area (Å²) < 4.78 is 18.2. The number of carbonyl (C=O) groups is 1. The molecule has 0 aliphatic heterocycles. The maximum absolute atomic E-state index is 12.8. The lowest BCUT2D eigenvalue weighted by Gasteiger charge is -2.18. The van der Waals surface area contributed by atoms with Crippen molar-refractivity contribution in [1.82, 2.24) is 5.32 Å². The Morgan fingerprint density at radius 1 is 1.26 bits per heavy atom. The summed E-state index contributed by atoms with van der Waals surface area (Å²) >= 11 is 1.38. The van der Waals surface area contributed by atoms with Crippen molar-refractivity contribution >= 4 is 17.7 Å². The number of aryl methyl sites for hydroxylation is 1. The molecule has 0 aromatic heterocycles. The number of benzene rings is 2. The molecule has 122 valence electrons. The average Bonchev–Trinajstić information content (AvgIpc) is 2.54. The lowest BCUT2D eigenvalue weighted by atomic mass is 10.0. The van der Waals surface area contributed by atoms with Crippen molar-refractivity contribution in [3.8, 4) is 5.75 Å². The van der Waals surface area contributed by atoms with Gasteiger partial charge in [-0.2, -0.15) is 0 Å². The van der Waals surface area contributed by atoms with Crippen LogP contribution in [0.2, 0.25) is 0 Å². The summed E-state index contributed by atoms with van der Waals surface area (Å²) in [6, 6.07) is 11.9. The van der Waals surface area contributed by atoms with Gasteiger partial charge in [0.05, 0.1) is 18.9 Å². The minimum atomic E-state index is -0.279. The van der Waals surface area contributed by atoms with Crippen LogP contribution in [0.25, 0.3) is 0 Å². The van der Waals surface area contributed by atoms with Crippen LogP contribution in [0, 0.1) is 12.7 Å². The Labute approximate surface area is 140 Å². The van der Waals surface area contributed by atoms with Gasteiger partial charge in [0.1, 0.15) is 11.6 Å². The molecule has 1 amide bonds. The molecule has 0 aliphatic rings. The Hall–Kier alpha value is -2.01. The summed E-state index contributed by atoms with van der Waals surface area (Å²) in [5, 5.41) is 2.97. The zero-order valence-electron chi connectivity index (χ0n) is 13.4. The quantitative estimate of drug-likeness (QED) is 0.809. The molecule has 3 nitrogen and oxygen atoms in total. The molecule has 0 radical (unpaired) electrons. The van der Waals surface area contributed by atoms with Crippen molar-refractivity contribution in [2.45, 2.75) is 24.8 Å². The molecular formula is C18H20FNO2S. The fourth-order valence-corrected chi connectivity index (χ4v) is 2.94. The molecule has 0 bridgehead atoms. The van der Waals surface area contributed by atoms with Crippen LogP contribution < -0.4 is 10.1 Å². The normalized spacial score (nSPS) is 11.8. The number of ether oxygens (including phenoxy) is 1. The molecular weight excluding hydrogens is 313 g/mol. The van der Waals surface area contributed by atoms with E-state index in [1.54, 1.807) is 19.2 Å². The number of methoxy groups -OCH3 is 1. The van der Waals surface area contributed by atoms with Crippen LogP contribution >= 0.6 is 11.8 Å². The van der Waals surface area contributed by atoms with Crippen LogP contribution in [0.15, 0.2) is 47.4 Å². The van der Waals surface area contributed by atoms with Crippen LogP contribution in [-0.4, -0.2) is 18.8 Å². The number of rotatable bonds is 6. The molecule has 0 spiro atoms. The van der Waals surface area contributed by atoms with Gasteiger partial charge in [0.2, 0.25) is 5.91 Å². The second-order valence-corrected chi connectivity index (χ2v) is 6.33. The average molecular weight is 333 g/mol. The van der Waals surface area contributed by atoms with Gasteiger partial charge in [-0.05, 0) is 44.2 Å². The SMILES string of the molecule is COc1ccc(C)cc1C(C)NC(=O)CSc1ccc(F)cc1. The van der Waals surface area contributed by atoms with Crippen molar-refractivity contribution in [3.05, 3.63) is 59.4 Å². The van der Waals surface area contributed by atoms with E-state index in [0.717, 1.165) is 21.8 Å². The molecule has 2 aromatic rings. The molecule has 0 heterocycles. The topological polar surface area (TPSA) is 38.3 Å². The first-order valence-electron chi connectivity index (χ1n) is 7.32. The number of carbonyl (C=O) groups excluding carboxylic acids is 1. The van der Waals surface area contributed by atoms with Gasteiger partial charge >= 0.3 is 0 Å². The van der Waals surface area contributed by atoms with E-state index in [1.807, 2.05) is 32.0 Å². The van der Waals surface area contributed by atoms with Crippen LogP contribution in [0.3, 0.4) is 0 Å². The number of thioether (sulfide) groups is 1. The van der Waals surface area contributed by atoms with Gasteiger partial charge in [-0.3, -0.25) is 4.79 Å². The van der Waals surface area contributed by atoms with E-state index in [0.29, 0.717) is 0 Å². The minimum absolute atomic E-state index is 0.0737. The van der Waals surface area contributed by atoms with Gasteiger partial charge in [-0.15, -0.1) is 11.8 Å². The second kappa shape index (κ2) is 8.02. The monoisotopic (exact) mass is 333 g/mol. The van der Waals surface area contributed by atoms with Crippen molar-refractivity contribution in [1.29, 1.82) is 0 Å². The summed E-state index contributed by atoms with van der Waals surface area (Å²) in [7, 11) is 1.62. The number of hydrogen-bond acceptors (Lipinski definition) is 3. The highest BCUT2D eigenvalue weighted by Gasteiger charge is 2.14. The van der Waals surface area contributed by atoms with Crippen molar-refractivity contribution in [2.24, 2.45) is 0 Å². The third-order valence-electron chi connectivity index (χ3n) is 3.41. The number of amides is 1. The molecule has 0 aliphatic carbocycles. The summed E-state index contributed by atoms with van der Waals surface area (Å²) in [5.41, 5.74) is 2.07. The van der Waals surface area contributed by atoms with Crippen molar-refractivity contribution in [2.75, 3.05) is 12.9 Å². The third kappa shape index (κ3) is 4.99. The Morgan fingerprint density at radius 3 is 2.61 bits per heavy atom. The largest absolute Gasteiger partial charge is 0.496 e. The molecule has 1 atom stereocenters. The Morgan fingerprint density at radius 2 is 1.96 bits per heavy atom. The maximum atomic E-state index is 12.8. The van der Waals surface area contributed by atoms with Gasteiger partial charge in [0.25, 0.3) is 0 Å². The van der Waals surface area contributed by atoms with E-state index >= 15 is 0 Å². The number of halogens is 1. The van der Waals surface area contributed by atoms with Gasteiger partial charge in [0.15, 0.2) is 0 Å². The van der Waals surface area contributed by atoms with Gasteiger partial charge < -0.3 is 10.1 Å². The highest BCUT2D eigenvalue weighted by Crippen LogP contribution is 2.26. The summed E-state index contributed by atoms with van der Waals surface area (Å²) in [6.45, 7) is 3.93. The van der Waals surface area contributed by atoms with E-state index in [2.05, 4.69) is 5.32 Å². The fourth-order valence-electron chi connectivity index (χ4n) is 2.23. The smallest absolute Gasteiger partial charge is 0.230 e. The predicted octanol–water partition coefficient (Wildman–Crippen LogP) is 4.11. The molecule has 0 saturated heterocycles. The van der Waals surface area contributed by atoms with E-state index < -0.39 is 0 Å². The predicted molar refractivity (Wildman–Crippen MR) is 91.4 cm³/mol. The Kier molecular flexibility index (Phi) is 6.04. The molecule has 1 unspecified atom stereocenters. The first-order chi connectivity index (χ1) is 11.0. The van der Waals surface area contributed by atoms with Crippen LogP contribution in [0.1, 0.15) is 24.1 Å². The first kappa shape index (κ1) is 17.3. The Bertz CT molecular complexity index is 673. The molecule has 0 saturated carbocycles. The van der Waals surface area contributed by atoms with Gasteiger partial charge in [0, 0.05) is 10.5 Å². The number of nitrogens with one attached hydrogen (secondary N) is 1. The highest BCUT2D eigenvalue weighted by molar-refractivity contribution is 8.00. The molecule has 0 fully saturated rings. The highest BCUT2D eigenvalue weighted by atomic mass is 32.2. The standard InChI is InChI=1S/C18H20FNO2S/c1-12-4-9-17(22-3)16(10-12)13(2)20-18(21)11-23-15-7-5-14(19)6-8-15/h4-10,13H,11H2,1-3H3,(H,20,21). The first-order valence-corrected chi connectivity index (χ1v) is 8.30. The zero-order chi connectivity index (χ0) is 16.8. The summed E-state index contributed by atoms with van der Waals surface area (Å²) in [4.78, 5) is 13.0. The summed E-state index contributed by atoms with van der Waals surface area (Å²) in [6.07, 6.45) is 0. The zero-order valence-corrected chi connectivity index (χ0v) is 14.2. The van der Waals surface area contributed by atoms with E-state index in [-0.39, 0.29) is 23.5 Å². The molecule has 5 heteroatoms. The molecule has 1 N–H and O–H groups in total. The lowest BCUT2D eigenvalue weighted by molar-refractivity contribution is -0.119. The van der Waals surface area contributed by atoms with Crippen LogP contribution in [0.5, 0.6) is 5.75 Å². The van der Waals surface area contributed by atoms with E-state index in [1.165, 1.54) is 23.9 Å². The van der Waals surface area contributed by atoms with E-state index in [9.17, 15) is 9.18 Å². The lowest BCUT2D eigenvalue weighted by Crippen LogP contribution is -2.28. The molecule has 2 aromatic carbocycles. The molecule has 2 rings (SSSR count). The summed E-state index contributed by atoms with van der Waals surface area (Å²) in [5.74, 6) is 0.688. The maximum Gasteiger partial charge on any atom is 0.230 e. The second-order valence-electron chi connectivity index (χ2n) is 5.28. The Balaban J connectivity index is 1.94. The van der Waals surface area contributed by atoms with Crippen molar-refractivity contribution < 1.29 is 13.9 Å². The molecule has 23 heavy (non-hydrogen) atoms. The van der Waals surface area contributed by atoms with Gasteiger partial charge in [-0.25, -0.2) is 4.39 Å². The number of hydrogen-bond donors (Lipinski definition) is 1. The van der Waals surface area contributed by atoms with Gasteiger partial charge in [-0.1, -0.05) is 17.7 Å². The van der Waals surface area contributed by atoms with Crippen LogP contribution in [0.4, 0.5) is 4.39 Å². The minimum Gasteiger partial charge on any atom is -0.496 e. The third-order valence-corrected chi connectivity index (χ3v) is 4.42. The van der Waals surface area contributed by atoms with E-state index in [4.69, 9.17) is 4.74 Å². The van der Waals surface area contributed by atoms with Crippen LogP contribution in [-0.2, 0) is 4.79 Å². The fraction of sp³-hybridized carbons (Fsp3) is 0.278.